The lowest BCUT2D eigenvalue weighted by Crippen LogP contribution is -2.47. The second-order valence-corrected chi connectivity index (χ2v) is 5.44. The SMILES string of the molecule is O=C(c1ncc2ccccc2c1O)N1CCCCC1C(F)F. The van der Waals surface area contributed by atoms with Crippen molar-refractivity contribution in [2.45, 2.75) is 31.7 Å². The van der Waals surface area contributed by atoms with Crippen LogP contribution in [0.3, 0.4) is 0 Å². The zero-order valence-electron chi connectivity index (χ0n) is 11.9. The molecule has 0 radical (unpaired) electrons. The first-order chi connectivity index (χ1) is 10.6. The summed E-state index contributed by atoms with van der Waals surface area (Å²) in [4.78, 5) is 17.7. The summed E-state index contributed by atoms with van der Waals surface area (Å²) in [5, 5.41) is 11.5. The molecule has 22 heavy (non-hydrogen) atoms. The van der Waals surface area contributed by atoms with Gasteiger partial charge in [-0.15, -0.1) is 0 Å². The van der Waals surface area contributed by atoms with Gasteiger partial charge in [0.2, 0.25) is 0 Å². The number of benzene rings is 1. The molecular weight excluding hydrogens is 290 g/mol. The highest BCUT2D eigenvalue weighted by molar-refractivity contribution is 6.01. The monoisotopic (exact) mass is 306 g/mol. The molecule has 1 aromatic heterocycles. The maximum absolute atomic E-state index is 13.1. The van der Waals surface area contributed by atoms with E-state index < -0.39 is 18.4 Å². The number of hydrogen-bond donors (Lipinski definition) is 1. The molecular formula is C16H16F2N2O2. The Kier molecular flexibility index (Phi) is 3.92. The van der Waals surface area contributed by atoms with Crippen molar-refractivity contribution in [1.29, 1.82) is 0 Å². The molecule has 1 N–H and O–H groups in total. The molecule has 2 heterocycles. The molecule has 2 aromatic rings. The first-order valence-electron chi connectivity index (χ1n) is 7.25. The fourth-order valence-corrected chi connectivity index (χ4v) is 2.91. The molecule has 0 aliphatic carbocycles. The van der Waals surface area contributed by atoms with Crippen LogP contribution in [-0.2, 0) is 0 Å². The van der Waals surface area contributed by atoms with Gasteiger partial charge in [-0.2, -0.15) is 0 Å². The van der Waals surface area contributed by atoms with E-state index in [1.54, 1.807) is 24.3 Å². The minimum atomic E-state index is -2.59. The Bertz CT molecular complexity index is 706. The van der Waals surface area contributed by atoms with Gasteiger partial charge in [-0.05, 0) is 19.3 Å². The predicted octanol–water partition coefficient (Wildman–Crippen LogP) is 3.20. The van der Waals surface area contributed by atoms with E-state index in [1.807, 2.05) is 0 Å². The number of aromatic hydroxyl groups is 1. The third-order valence-corrected chi connectivity index (χ3v) is 4.08. The Morgan fingerprint density at radius 3 is 2.86 bits per heavy atom. The third-order valence-electron chi connectivity index (χ3n) is 4.08. The van der Waals surface area contributed by atoms with E-state index in [1.165, 1.54) is 6.20 Å². The Morgan fingerprint density at radius 1 is 1.32 bits per heavy atom. The predicted molar refractivity (Wildman–Crippen MR) is 78.1 cm³/mol. The number of nitrogens with zero attached hydrogens (tertiary/aromatic N) is 2. The first-order valence-corrected chi connectivity index (χ1v) is 7.25. The number of aromatic nitrogens is 1. The maximum atomic E-state index is 13.1. The number of carbonyl (C=O) groups excluding carboxylic acids is 1. The van der Waals surface area contributed by atoms with Crippen LogP contribution in [0.4, 0.5) is 8.78 Å². The number of rotatable bonds is 2. The van der Waals surface area contributed by atoms with Gasteiger partial charge in [0.15, 0.2) is 11.4 Å². The zero-order valence-corrected chi connectivity index (χ0v) is 11.9. The van der Waals surface area contributed by atoms with Crippen molar-refractivity contribution in [2.75, 3.05) is 6.54 Å². The third kappa shape index (κ3) is 2.49. The van der Waals surface area contributed by atoms with E-state index >= 15 is 0 Å². The van der Waals surface area contributed by atoms with Gasteiger partial charge < -0.3 is 10.0 Å². The minimum absolute atomic E-state index is 0.161. The number of hydrogen-bond acceptors (Lipinski definition) is 3. The van der Waals surface area contributed by atoms with Gasteiger partial charge in [0.25, 0.3) is 12.3 Å². The number of piperidine rings is 1. The molecule has 6 heteroatoms. The normalized spacial score (nSPS) is 18.9. The van der Waals surface area contributed by atoms with Crippen molar-refractivity contribution in [3.8, 4) is 5.75 Å². The van der Waals surface area contributed by atoms with Crippen LogP contribution in [0.5, 0.6) is 5.75 Å². The molecule has 1 aromatic carbocycles. The largest absolute Gasteiger partial charge is 0.505 e. The van der Waals surface area contributed by atoms with E-state index in [-0.39, 0.29) is 24.4 Å². The highest BCUT2D eigenvalue weighted by Gasteiger charge is 2.35. The molecule has 3 rings (SSSR count). The fraction of sp³-hybridized carbons (Fsp3) is 0.375. The van der Waals surface area contributed by atoms with Crippen LogP contribution in [-0.4, -0.2) is 39.9 Å². The molecule has 116 valence electrons. The summed E-state index contributed by atoms with van der Waals surface area (Å²) in [6, 6.07) is 5.86. The van der Waals surface area contributed by atoms with Crippen LogP contribution >= 0.6 is 0 Å². The molecule has 1 amide bonds. The molecule has 0 saturated carbocycles. The molecule has 1 saturated heterocycles. The molecule has 1 atom stereocenters. The van der Waals surface area contributed by atoms with Gasteiger partial charge in [-0.25, -0.2) is 13.8 Å². The summed E-state index contributed by atoms with van der Waals surface area (Å²) in [6.07, 6.45) is 0.521. The van der Waals surface area contributed by atoms with E-state index in [0.29, 0.717) is 23.6 Å². The minimum Gasteiger partial charge on any atom is -0.505 e. The molecule has 4 nitrogen and oxygen atoms in total. The summed E-state index contributed by atoms with van der Waals surface area (Å²) in [7, 11) is 0. The Morgan fingerprint density at radius 2 is 2.09 bits per heavy atom. The van der Waals surface area contributed by atoms with Crippen molar-refractivity contribution >= 4 is 16.7 Å². The molecule has 0 bridgehead atoms. The summed E-state index contributed by atoms with van der Waals surface area (Å²) >= 11 is 0. The Hall–Kier alpha value is -2.24. The van der Waals surface area contributed by atoms with Crippen LogP contribution in [0.15, 0.2) is 30.5 Å². The average Bonchev–Trinajstić information content (AvgIpc) is 2.55. The van der Waals surface area contributed by atoms with Gasteiger partial charge in [0.1, 0.15) is 0 Å². The van der Waals surface area contributed by atoms with Crippen LogP contribution in [0.1, 0.15) is 29.8 Å². The Labute approximate surface area is 126 Å². The second-order valence-electron chi connectivity index (χ2n) is 5.44. The molecule has 1 fully saturated rings. The molecule has 1 unspecified atom stereocenters. The number of alkyl halides is 2. The van der Waals surface area contributed by atoms with E-state index in [0.717, 1.165) is 4.90 Å². The van der Waals surface area contributed by atoms with Gasteiger partial charge >= 0.3 is 0 Å². The van der Waals surface area contributed by atoms with Crippen LogP contribution in [0.2, 0.25) is 0 Å². The summed E-state index contributed by atoms with van der Waals surface area (Å²) < 4.78 is 26.2. The fourth-order valence-electron chi connectivity index (χ4n) is 2.91. The number of likely N-dealkylation sites (tertiary alicyclic amines) is 1. The van der Waals surface area contributed by atoms with Gasteiger partial charge in [0.05, 0.1) is 6.04 Å². The zero-order chi connectivity index (χ0) is 15.7. The van der Waals surface area contributed by atoms with Gasteiger partial charge in [0, 0.05) is 23.5 Å². The lowest BCUT2D eigenvalue weighted by molar-refractivity contribution is 0.00635. The van der Waals surface area contributed by atoms with Crippen LogP contribution in [0.25, 0.3) is 10.8 Å². The van der Waals surface area contributed by atoms with Crippen LogP contribution in [0, 0.1) is 0 Å². The van der Waals surface area contributed by atoms with Gasteiger partial charge in [-0.3, -0.25) is 4.79 Å². The van der Waals surface area contributed by atoms with E-state index in [9.17, 15) is 18.7 Å². The van der Waals surface area contributed by atoms with Crippen molar-refractivity contribution in [3.63, 3.8) is 0 Å². The van der Waals surface area contributed by atoms with E-state index in [2.05, 4.69) is 4.98 Å². The van der Waals surface area contributed by atoms with Crippen molar-refractivity contribution in [2.24, 2.45) is 0 Å². The first kappa shape index (κ1) is 14.7. The standard InChI is InChI=1S/C16H16F2N2O2/c17-15(18)12-7-3-4-8-20(12)16(22)13-14(21)11-6-2-1-5-10(11)9-19-13/h1-2,5-6,9,12,15,21H,3-4,7-8H2. The van der Waals surface area contributed by atoms with Crippen molar-refractivity contribution < 1.29 is 18.7 Å². The second kappa shape index (κ2) is 5.87. The molecule has 1 aliphatic rings. The smallest absolute Gasteiger partial charge is 0.276 e. The number of amides is 1. The van der Waals surface area contributed by atoms with Crippen molar-refractivity contribution in [3.05, 3.63) is 36.2 Å². The summed E-state index contributed by atoms with van der Waals surface area (Å²) in [6.45, 7) is 0.266. The quantitative estimate of drug-likeness (QED) is 0.927. The number of halogens is 2. The molecule has 1 aliphatic heterocycles. The maximum Gasteiger partial charge on any atom is 0.276 e. The van der Waals surface area contributed by atoms with E-state index in [4.69, 9.17) is 0 Å². The number of fused-ring (bicyclic) bond motifs is 1. The Balaban J connectivity index is 1.99. The number of pyridine rings is 1. The highest BCUT2D eigenvalue weighted by atomic mass is 19.3. The number of carbonyl (C=O) groups is 1. The van der Waals surface area contributed by atoms with Gasteiger partial charge in [-0.1, -0.05) is 24.3 Å². The summed E-state index contributed by atoms with van der Waals surface area (Å²) in [5.74, 6) is -0.880. The molecule has 0 spiro atoms. The lowest BCUT2D eigenvalue weighted by Gasteiger charge is -2.35. The highest BCUT2D eigenvalue weighted by Crippen LogP contribution is 2.30. The topological polar surface area (TPSA) is 53.4 Å². The van der Waals surface area contributed by atoms with Crippen molar-refractivity contribution in [1.82, 2.24) is 9.88 Å². The lowest BCUT2D eigenvalue weighted by atomic mass is 10.0. The average molecular weight is 306 g/mol. The summed E-state index contributed by atoms with van der Waals surface area (Å²) in [5.41, 5.74) is -0.161. The van der Waals surface area contributed by atoms with Crippen LogP contribution < -0.4 is 0 Å².